The van der Waals surface area contributed by atoms with E-state index in [1.54, 1.807) is 0 Å². The molecule has 1 N–H and O–H groups in total. The third kappa shape index (κ3) is 8.58. The summed E-state index contributed by atoms with van der Waals surface area (Å²) in [5.41, 5.74) is 0.155. The lowest BCUT2D eigenvalue weighted by atomic mass is 10.3. The van der Waals surface area contributed by atoms with Gasteiger partial charge in [0.15, 0.2) is 6.10 Å². The van der Waals surface area contributed by atoms with Crippen LogP contribution in [0.4, 0.5) is 4.20 Å². The molecular weight excluding hydrogens is 294 g/mol. The standard InChI is InChI=1S/C11H16FO7P/c1-7(2)10(13)17-5-9(6-18-20(12,15)16)19-11(14)8(3)4/h9H,1,3,5-6H2,2,4H3,(H,15,16). The fourth-order valence-corrected chi connectivity index (χ4v) is 1.19. The molecule has 0 aromatic rings. The highest BCUT2D eigenvalue weighted by Crippen LogP contribution is 2.43. The number of rotatable bonds is 8. The van der Waals surface area contributed by atoms with Crippen molar-refractivity contribution in [3.63, 3.8) is 0 Å². The first-order valence-corrected chi connectivity index (χ1v) is 6.86. The first-order valence-electron chi connectivity index (χ1n) is 5.39. The van der Waals surface area contributed by atoms with E-state index >= 15 is 0 Å². The molecule has 0 aliphatic carbocycles. The van der Waals surface area contributed by atoms with Crippen molar-refractivity contribution >= 4 is 19.8 Å². The minimum absolute atomic E-state index is 0.0497. The highest BCUT2D eigenvalue weighted by Gasteiger charge is 2.24. The number of carbonyl (C=O) groups is 2. The van der Waals surface area contributed by atoms with E-state index in [-0.39, 0.29) is 11.1 Å². The van der Waals surface area contributed by atoms with Crippen LogP contribution in [0.5, 0.6) is 0 Å². The summed E-state index contributed by atoms with van der Waals surface area (Å²) in [6.07, 6.45) is -1.25. The molecule has 0 aromatic heterocycles. The van der Waals surface area contributed by atoms with Crippen molar-refractivity contribution < 1.29 is 37.2 Å². The Labute approximate surface area is 115 Å². The van der Waals surface area contributed by atoms with E-state index in [0.29, 0.717) is 0 Å². The summed E-state index contributed by atoms with van der Waals surface area (Å²) in [6.45, 7) is 8.19. The Hall–Kier alpha value is -1.50. The summed E-state index contributed by atoms with van der Waals surface area (Å²) >= 11 is 0. The molecule has 20 heavy (non-hydrogen) atoms. The number of carbonyl (C=O) groups excluding carboxylic acids is 2. The average molecular weight is 310 g/mol. The minimum atomic E-state index is -5.22. The minimum Gasteiger partial charge on any atom is -0.458 e. The lowest BCUT2D eigenvalue weighted by Gasteiger charge is -2.17. The lowest BCUT2D eigenvalue weighted by Crippen LogP contribution is -2.29. The molecule has 0 heterocycles. The molecule has 2 unspecified atom stereocenters. The fraction of sp³-hybridized carbons (Fsp3) is 0.455. The van der Waals surface area contributed by atoms with Crippen LogP contribution in [-0.4, -0.2) is 36.1 Å². The largest absolute Gasteiger partial charge is 0.510 e. The molecule has 0 spiro atoms. The Kier molecular flexibility index (Phi) is 7.34. The zero-order valence-corrected chi connectivity index (χ0v) is 12.0. The van der Waals surface area contributed by atoms with Crippen molar-refractivity contribution in [2.45, 2.75) is 20.0 Å². The highest BCUT2D eigenvalue weighted by molar-refractivity contribution is 7.46. The zero-order chi connectivity index (χ0) is 15.9. The van der Waals surface area contributed by atoms with Crippen molar-refractivity contribution in [3.05, 3.63) is 24.3 Å². The van der Waals surface area contributed by atoms with E-state index in [2.05, 4.69) is 17.7 Å². The van der Waals surface area contributed by atoms with Crippen molar-refractivity contribution in [1.29, 1.82) is 0 Å². The first kappa shape index (κ1) is 18.5. The number of ether oxygens (including phenoxy) is 2. The third-order valence-electron chi connectivity index (χ3n) is 1.79. The molecule has 7 nitrogen and oxygen atoms in total. The summed E-state index contributed by atoms with van der Waals surface area (Å²) < 4.78 is 36.2. The van der Waals surface area contributed by atoms with Gasteiger partial charge in [-0.1, -0.05) is 13.2 Å². The molecule has 0 aliphatic heterocycles. The van der Waals surface area contributed by atoms with E-state index in [4.69, 9.17) is 14.4 Å². The summed E-state index contributed by atoms with van der Waals surface area (Å²) in [6, 6.07) is 0. The summed E-state index contributed by atoms with van der Waals surface area (Å²) in [5, 5.41) is 0. The van der Waals surface area contributed by atoms with E-state index < -0.39 is 39.2 Å². The van der Waals surface area contributed by atoms with Crippen molar-refractivity contribution in [2.24, 2.45) is 0 Å². The van der Waals surface area contributed by atoms with Gasteiger partial charge in [0, 0.05) is 11.1 Å². The molecule has 9 heteroatoms. The maximum atomic E-state index is 12.4. The third-order valence-corrected chi connectivity index (χ3v) is 2.26. The zero-order valence-electron chi connectivity index (χ0n) is 11.1. The van der Waals surface area contributed by atoms with Crippen LogP contribution in [0.25, 0.3) is 0 Å². The van der Waals surface area contributed by atoms with E-state index in [1.807, 2.05) is 0 Å². The van der Waals surface area contributed by atoms with Crippen LogP contribution in [0.3, 0.4) is 0 Å². The van der Waals surface area contributed by atoms with Gasteiger partial charge in [0.05, 0.1) is 6.61 Å². The molecule has 0 saturated heterocycles. The monoisotopic (exact) mass is 310 g/mol. The number of halogens is 1. The Bertz CT molecular complexity index is 454. The quantitative estimate of drug-likeness (QED) is 0.413. The van der Waals surface area contributed by atoms with Crippen LogP contribution in [0, 0.1) is 0 Å². The molecule has 0 amide bonds. The van der Waals surface area contributed by atoms with Gasteiger partial charge in [-0.05, 0) is 13.8 Å². The molecule has 0 aliphatic rings. The summed E-state index contributed by atoms with van der Waals surface area (Å²) in [5.74, 6) is -1.59. The van der Waals surface area contributed by atoms with Gasteiger partial charge in [0.1, 0.15) is 6.61 Å². The molecule has 2 atom stereocenters. The Morgan fingerprint density at radius 1 is 1.20 bits per heavy atom. The number of hydrogen-bond acceptors (Lipinski definition) is 6. The van der Waals surface area contributed by atoms with Crippen LogP contribution in [0.2, 0.25) is 0 Å². The van der Waals surface area contributed by atoms with Gasteiger partial charge in [-0.3, -0.25) is 9.42 Å². The smallest absolute Gasteiger partial charge is 0.458 e. The lowest BCUT2D eigenvalue weighted by molar-refractivity contribution is -0.155. The molecular formula is C11H16FO7P. The fourth-order valence-electron chi connectivity index (χ4n) is 0.835. The molecule has 114 valence electrons. The van der Waals surface area contributed by atoms with Crippen molar-refractivity contribution in [3.8, 4) is 0 Å². The Balaban J connectivity index is 4.57. The van der Waals surface area contributed by atoms with Crippen molar-refractivity contribution in [2.75, 3.05) is 13.2 Å². The molecule has 0 aromatic carbocycles. The predicted octanol–water partition coefficient (Wildman–Crippen LogP) is 1.68. The average Bonchev–Trinajstić information content (AvgIpc) is 2.30. The second-order valence-electron chi connectivity index (χ2n) is 3.93. The SMILES string of the molecule is C=C(C)C(=O)OCC(COP(=O)(O)F)OC(=O)C(=C)C. The predicted molar refractivity (Wildman–Crippen MR) is 67.4 cm³/mol. The highest BCUT2D eigenvalue weighted by atomic mass is 31.2. The molecule has 0 rings (SSSR count). The Morgan fingerprint density at radius 2 is 1.70 bits per heavy atom. The first-order chi connectivity index (χ1) is 9.03. The summed E-state index contributed by atoms with van der Waals surface area (Å²) in [4.78, 5) is 30.8. The van der Waals surface area contributed by atoms with Gasteiger partial charge in [0.25, 0.3) is 0 Å². The van der Waals surface area contributed by atoms with Gasteiger partial charge in [0.2, 0.25) is 0 Å². The van der Waals surface area contributed by atoms with E-state index in [0.717, 1.165) is 0 Å². The van der Waals surface area contributed by atoms with Crippen LogP contribution in [-0.2, 0) is 28.2 Å². The molecule has 0 saturated carbocycles. The molecule has 0 fully saturated rings. The van der Waals surface area contributed by atoms with Gasteiger partial charge in [-0.25, -0.2) is 14.2 Å². The van der Waals surface area contributed by atoms with Gasteiger partial charge >= 0.3 is 19.8 Å². The number of hydrogen-bond donors (Lipinski definition) is 1. The Morgan fingerprint density at radius 3 is 2.10 bits per heavy atom. The topological polar surface area (TPSA) is 99.1 Å². The van der Waals surface area contributed by atoms with Gasteiger partial charge in [-0.2, -0.15) is 0 Å². The normalized spacial score (nSPS) is 14.8. The molecule has 0 bridgehead atoms. The second kappa shape index (κ2) is 7.94. The van der Waals surface area contributed by atoms with Gasteiger partial charge in [-0.15, -0.1) is 4.20 Å². The summed E-state index contributed by atoms with van der Waals surface area (Å²) in [7, 11) is -5.22. The van der Waals surface area contributed by atoms with Crippen LogP contribution < -0.4 is 0 Å². The maximum Gasteiger partial charge on any atom is 0.510 e. The molecule has 0 radical (unpaired) electrons. The van der Waals surface area contributed by atoms with E-state index in [1.165, 1.54) is 13.8 Å². The van der Waals surface area contributed by atoms with Crippen LogP contribution in [0.15, 0.2) is 24.3 Å². The van der Waals surface area contributed by atoms with Crippen molar-refractivity contribution in [1.82, 2.24) is 0 Å². The van der Waals surface area contributed by atoms with Crippen LogP contribution in [0.1, 0.15) is 13.8 Å². The number of esters is 2. The van der Waals surface area contributed by atoms with Gasteiger partial charge < -0.3 is 9.47 Å². The van der Waals surface area contributed by atoms with E-state index in [9.17, 15) is 18.4 Å². The van der Waals surface area contributed by atoms with Crippen LogP contribution >= 0.6 is 7.91 Å². The maximum absolute atomic E-state index is 12.4. The second-order valence-corrected chi connectivity index (χ2v) is 5.09.